The minimum atomic E-state index is 0.634. The van der Waals surface area contributed by atoms with Gasteiger partial charge in [0.15, 0.2) is 17.5 Å². The van der Waals surface area contributed by atoms with E-state index in [2.05, 4.69) is 132 Å². The quantitative estimate of drug-likeness (QED) is 0.168. The molecule has 8 aromatic carbocycles. The molecule has 12 aromatic rings. The summed E-state index contributed by atoms with van der Waals surface area (Å²) in [6.45, 7) is 0. The Balaban J connectivity index is 0.903. The van der Waals surface area contributed by atoms with Gasteiger partial charge in [-0.15, -0.1) is 22.7 Å². The van der Waals surface area contributed by atoms with Gasteiger partial charge in [0.25, 0.3) is 0 Å². The second-order valence-corrected chi connectivity index (χ2v) is 16.7. The van der Waals surface area contributed by atoms with Crippen LogP contribution in [0.25, 0.3) is 114 Å². The molecule has 0 aliphatic rings. The molecule has 12 rings (SSSR count). The molecule has 59 heavy (non-hydrogen) atoms. The largest absolute Gasteiger partial charge is 0.309 e. The van der Waals surface area contributed by atoms with Crippen LogP contribution >= 0.6 is 22.7 Å². The molecule has 7 heteroatoms. The molecule has 0 aliphatic carbocycles. The zero-order valence-electron chi connectivity index (χ0n) is 31.5. The Bertz CT molecular complexity index is 3490. The van der Waals surface area contributed by atoms with Crippen LogP contribution in [0.5, 0.6) is 0 Å². The maximum absolute atomic E-state index is 5.07. The van der Waals surface area contributed by atoms with Gasteiger partial charge < -0.3 is 4.57 Å². The highest BCUT2D eigenvalue weighted by molar-refractivity contribution is 7.26. The number of rotatable bonds is 6. The zero-order chi connectivity index (χ0) is 38.9. The van der Waals surface area contributed by atoms with E-state index < -0.39 is 0 Å². The number of hydrogen-bond acceptors (Lipinski definition) is 6. The summed E-state index contributed by atoms with van der Waals surface area (Å²) < 4.78 is 6.11. The third-order valence-electron chi connectivity index (χ3n) is 11.1. The first-order valence-corrected chi connectivity index (χ1v) is 21.2. The summed E-state index contributed by atoms with van der Waals surface area (Å²) in [5.41, 5.74) is 10.8. The average Bonchev–Trinajstić information content (AvgIpc) is 4.01. The molecule has 0 saturated heterocycles. The van der Waals surface area contributed by atoms with Crippen molar-refractivity contribution in [2.75, 3.05) is 0 Å². The van der Waals surface area contributed by atoms with E-state index in [1.807, 2.05) is 72.0 Å². The number of benzene rings is 8. The molecule has 276 valence electrons. The third kappa shape index (κ3) is 5.74. The molecule has 0 bridgehead atoms. The van der Waals surface area contributed by atoms with Crippen molar-refractivity contribution in [1.29, 1.82) is 0 Å². The van der Waals surface area contributed by atoms with Crippen molar-refractivity contribution >= 4 is 74.9 Å². The molecule has 0 spiro atoms. The van der Waals surface area contributed by atoms with Crippen molar-refractivity contribution in [1.82, 2.24) is 24.5 Å². The number of para-hydroxylation sites is 1. The van der Waals surface area contributed by atoms with E-state index in [0.717, 1.165) is 43.2 Å². The van der Waals surface area contributed by atoms with Crippen LogP contribution in [-0.4, -0.2) is 24.5 Å². The second-order valence-electron chi connectivity index (χ2n) is 14.7. The van der Waals surface area contributed by atoms with E-state index in [0.29, 0.717) is 17.5 Å². The van der Waals surface area contributed by atoms with Crippen LogP contribution in [0.15, 0.2) is 188 Å². The van der Waals surface area contributed by atoms with Crippen LogP contribution in [0.4, 0.5) is 0 Å². The fourth-order valence-corrected chi connectivity index (χ4v) is 10.5. The van der Waals surface area contributed by atoms with Crippen molar-refractivity contribution in [2.24, 2.45) is 0 Å². The van der Waals surface area contributed by atoms with Gasteiger partial charge in [0, 0.05) is 58.9 Å². The first-order chi connectivity index (χ1) is 29.2. The SMILES string of the molecule is c1ccc(-c2nc(-c3ccccc3)nc(-c3ccc4nc(-c5ccc(-n6c7ccccc7c7cc(-c8cccc9c8sc8ccccc89)ccc76)cc5)sc4c3)n2)cc1. The Morgan fingerprint density at radius 3 is 1.73 bits per heavy atom. The summed E-state index contributed by atoms with van der Waals surface area (Å²) in [5.74, 6) is 1.93. The average molecular weight is 790 g/mol. The van der Waals surface area contributed by atoms with Gasteiger partial charge in [-0.05, 0) is 77.9 Å². The monoisotopic (exact) mass is 789 g/mol. The van der Waals surface area contributed by atoms with E-state index in [1.165, 1.54) is 53.1 Å². The Kier molecular flexibility index (Phi) is 7.82. The number of fused-ring (bicyclic) bond motifs is 7. The number of aromatic nitrogens is 5. The Hall–Kier alpha value is -7.32. The van der Waals surface area contributed by atoms with Crippen LogP contribution in [0.3, 0.4) is 0 Å². The summed E-state index contributed by atoms with van der Waals surface area (Å²) in [6.07, 6.45) is 0. The Labute approximate surface area is 347 Å². The van der Waals surface area contributed by atoms with Crippen molar-refractivity contribution in [3.8, 4) is 61.5 Å². The molecule has 4 heterocycles. The van der Waals surface area contributed by atoms with E-state index in [4.69, 9.17) is 19.9 Å². The normalized spacial score (nSPS) is 11.7. The van der Waals surface area contributed by atoms with Crippen LogP contribution in [0.2, 0.25) is 0 Å². The lowest BCUT2D eigenvalue weighted by atomic mass is 10.0. The van der Waals surface area contributed by atoms with Crippen molar-refractivity contribution in [3.63, 3.8) is 0 Å². The lowest BCUT2D eigenvalue weighted by Gasteiger charge is -2.09. The standard InChI is InChI=1S/C52H31N5S2/c1-3-12-32(13-4-1)49-54-50(33-14-5-2-6-15-33)56-51(55-49)36-24-28-43-47(31-36)59-52(53-43)34-22-26-37(27-23-34)57-44-20-9-7-16-39(44)42-30-35(25-29-45(42)57)38-18-11-19-41-40-17-8-10-21-46(40)58-48(38)41/h1-31H. The first-order valence-electron chi connectivity index (χ1n) is 19.5. The lowest BCUT2D eigenvalue weighted by Crippen LogP contribution is -1.99. The predicted molar refractivity (Wildman–Crippen MR) is 247 cm³/mol. The van der Waals surface area contributed by atoms with E-state index >= 15 is 0 Å². The highest BCUT2D eigenvalue weighted by atomic mass is 32.1. The highest BCUT2D eigenvalue weighted by Gasteiger charge is 2.17. The number of thiophene rings is 1. The van der Waals surface area contributed by atoms with Crippen molar-refractivity contribution in [3.05, 3.63) is 188 Å². The zero-order valence-corrected chi connectivity index (χ0v) is 33.1. The van der Waals surface area contributed by atoms with Gasteiger partial charge in [0.1, 0.15) is 5.01 Å². The third-order valence-corrected chi connectivity index (χ3v) is 13.4. The Morgan fingerprint density at radius 1 is 0.356 bits per heavy atom. The highest BCUT2D eigenvalue weighted by Crippen LogP contribution is 2.42. The predicted octanol–water partition coefficient (Wildman–Crippen LogP) is 14.3. The molecule has 5 nitrogen and oxygen atoms in total. The molecule has 0 radical (unpaired) electrons. The van der Waals surface area contributed by atoms with Crippen LogP contribution < -0.4 is 0 Å². The van der Waals surface area contributed by atoms with Gasteiger partial charge in [-0.1, -0.05) is 121 Å². The summed E-state index contributed by atoms with van der Waals surface area (Å²) in [7, 11) is 0. The summed E-state index contributed by atoms with van der Waals surface area (Å²) in [6, 6.07) is 66.3. The van der Waals surface area contributed by atoms with Gasteiger partial charge >= 0.3 is 0 Å². The van der Waals surface area contributed by atoms with E-state index in [1.54, 1.807) is 11.3 Å². The molecular weight excluding hydrogens is 759 g/mol. The van der Waals surface area contributed by atoms with Crippen LogP contribution in [0.1, 0.15) is 0 Å². The molecule has 0 saturated carbocycles. The first kappa shape index (κ1) is 33.8. The number of nitrogens with zero attached hydrogens (tertiary/aromatic N) is 5. The van der Waals surface area contributed by atoms with Crippen LogP contribution in [0, 0.1) is 0 Å². The smallest absolute Gasteiger partial charge is 0.164 e. The molecule has 4 aromatic heterocycles. The van der Waals surface area contributed by atoms with Crippen molar-refractivity contribution < 1.29 is 0 Å². The summed E-state index contributed by atoms with van der Waals surface area (Å²) in [4.78, 5) is 19.8. The molecule has 0 amide bonds. The second kappa shape index (κ2) is 13.7. The fourth-order valence-electron chi connectivity index (χ4n) is 8.27. The molecule has 0 atom stereocenters. The molecule has 0 unspecified atom stereocenters. The van der Waals surface area contributed by atoms with E-state index in [9.17, 15) is 0 Å². The van der Waals surface area contributed by atoms with Crippen molar-refractivity contribution in [2.45, 2.75) is 0 Å². The fraction of sp³-hybridized carbons (Fsp3) is 0. The molecule has 0 fully saturated rings. The van der Waals surface area contributed by atoms with Crippen LogP contribution in [-0.2, 0) is 0 Å². The van der Waals surface area contributed by atoms with Gasteiger partial charge in [-0.2, -0.15) is 0 Å². The van der Waals surface area contributed by atoms with Gasteiger partial charge in [0.05, 0.1) is 21.3 Å². The molecule has 0 aliphatic heterocycles. The number of thiazole rings is 1. The minimum Gasteiger partial charge on any atom is -0.309 e. The van der Waals surface area contributed by atoms with Gasteiger partial charge in [-0.25, -0.2) is 19.9 Å². The maximum Gasteiger partial charge on any atom is 0.164 e. The Morgan fingerprint density at radius 2 is 0.966 bits per heavy atom. The topological polar surface area (TPSA) is 56.5 Å². The molecule has 0 N–H and O–H groups in total. The lowest BCUT2D eigenvalue weighted by molar-refractivity contribution is 1.07. The van der Waals surface area contributed by atoms with Gasteiger partial charge in [0.2, 0.25) is 0 Å². The maximum atomic E-state index is 5.07. The van der Waals surface area contributed by atoms with E-state index in [-0.39, 0.29) is 0 Å². The summed E-state index contributed by atoms with van der Waals surface area (Å²) >= 11 is 3.56. The van der Waals surface area contributed by atoms with Gasteiger partial charge in [-0.3, -0.25) is 0 Å². The molecular formula is C52H31N5S2. The summed E-state index contributed by atoms with van der Waals surface area (Å²) in [5, 5.41) is 6.09. The number of hydrogen-bond donors (Lipinski definition) is 0. The minimum absolute atomic E-state index is 0.634.